The molecule has 0 radical (unpaired) electrons. The number of hydrogen-bond acceptors (Lipinski definition) is 2. The monoisotopic (exact) mass is 346 g/mol. The van der Waals surface area contributed by atoms with Crippen LogP contribution in [0.15, 0.2) is 0 Å². The number of carboxylic acids is 1. The predicted octanol–water partition coefficient (Wildman–Crippen LogP) is 6.41. The summed E-state index contributed by atoms with van der Waals surface area (Å²) < 4.78 is 0. The highest BCUT2D eigenvalue weighted by molar-refractivity contribution is 5.66. The lowest BCUT2D eigenvalue weighted by Gasteiger charge is -2.04. The van der Waals surface area contributed by atoms with E-state index in [1.165, 1.54) is 70.6 Å². The first kappa shape index (κ1) is 25.0. The molecular weight excluding hydrogens is 308 g/mol. The van der Waals surface area contributed by atoms with Crippen LogP contribution in [0.25, 0.3) is 0 Å². The molecular formula is C19H38O5. The molecule has 144 valence electrons. The van der Waals surface area contributed by atoms with E-state index >= 15 is 0 Å². The Balaban J connectivity index is 0. The lowest BCUT2D eigenvalue weighted by Crippen LogP contribution is -1.93. The van der Waals surface area contributed by atoms with Crippen LogP contribution in [0.3, 0.4) is 0 Å². The van der Waals surface area contributed by atoms with Crippen LogP contribution in [0.1, 0.15) is 104 Å². The van der Waals surface area contributed by atoms with Crippen LogP contribution in [0, 0.1) is 5.92 Å². The topological polar surface area (TPSA) is 94.8 Å². The zero-order chi connectivity index (χ0) is 18.6. The lowest BCUT2D eigenvalue weighted by atomic mass is 10.0. The van der Waals surface area contributed by atoms with Gasteiger partial charge in [0.15, 0.2) is 0 Å². The largest absolute Gasteiger partial charge is 0.503 e. The van der Waals surface area contributed by atoms with Crippen LogP contribution in [0.4, 0.5) is 4.79 Å². The molecule has 0 aliphatic heterocycles. The van der Waals surface area contributed by atoms with Gasteiger partial charge in [-0.15, -0.1) is 0 Å². The molecule has 3 N–H and O–H groups in total. The van der Waals surface area contributed by atoms with Crippen LogP contribution in [0.5, 0.6) is 0 Å². The molecule has 0 unspecified atom stereocenters. The summed E-state index contributed by atoms with van der Waals surface area (Å²) in [5.74, 6) is 0.212. The van der Waals surface area contributed by atoms with Crippen molar-refractivity contribution in [1.82, 2.24) is 0 Å². The molecule has 0 rings (SSSR count). The molecule has 0 fully saturated rings. The highest BCUT2D eigenvalue weighted by Crippen LogP contribution is 2.14. The van der Waals surface area contributed by atoms with Crippen molar-refractivity contribution in [2.24, 2.45) is 5.92 Å². The van der Waals surface area contributed by atoms with Crippen molar-refractivity contribution in [3.63, 3.8) is 0 Å². The third-order valence-electron chi connectivity index (χ3n) is 3.92. The van der Waals surface area contributed by atoms with Gasteiger partial charge in [-0.2, -0.15) is 0 Å². The fourth-order valence-electron chi connectivity index (χ4n) is 2.60. The zero-order valence-corrected chi connectivity index (χ0v) is 15.6. The maximum Gasteiger partial charge on any atom is 0.503 e. The third-order valence-corrected chi connectivity index (χ3v) is 3.92. The van der Waals surface area contributed by atoms with E-state index in [4.69, 9.17) is 20.1 Å². The Morgan fingerprint density at radius 2 is 0.917 bits per heavy atom. The molecule has 0 aliphatic rings. The smallest absolute Gasteiger partial charge is 0.481 e. The van der Waals surface area contributed by atoms with Gasteiger partial charge in [0.2, 0.25) is 0 Å². The molecule has 0 aromatic carbocycles. The number of carbonyl (C=O) groups is 2. The standard InChI is InChI=1S/C18H36O2.CH2O3/c1-17(2)15-13-11-9-7-5-3-4-6-8-10-12-14-16-18(19)20;2-1(3)4/h17H,3-16H2,1-2H3,(H,19,20);(H2,2,3,4). The second-order valence-electron chi connectivity index (χ2n) is 6.85. The molecule has 24 heavy (non-hydrogen) atoms. The molecule has 5 heteroatoms. The van der Waals surface area contributed by atoms with Gasteiger partial charge in [-0.1, -0.05) is 90.9 Å². The normalized spacial score (nSPS) is 10.3. The SMILES string of the molecule is CC(C)CCCCCCCCCCCCCCC(=O)O.O=C(O)O. The van der Waals surface area contributed by atoms with Gasteiger partial charge in [0.05, 0.1) is 0 Å². The van der Waals surface area contributed by atoms with Crippen LogP contribution in [-0.2, 0) is 4.79 Å². The summed E-state index contributed by atoms with van der Waals surface area (Å²) in [4.78, 5) is 18.9. The second kappa shape index (κ2) is 19.8. The Kier molecular flexibility index (Phi) is 20.6. The Morgan fingerprint density at radius 3 is 1.21 bits per heavy atom. The van der Waals surface area contributed by atoms with E-state index in [1.54, 1.807) is 0 Å². The maximum absolute atomic E-state index is 10.3. The predicted molar refractivity (Wildman–Crippen MR) is 97.8 cm³/mol. The molecule has 0 saturated carbocycles. The van der Waals surface area contributed by atoms with Gasteiger partial charge in [0.1, 0.15) is 0 Å². The van der Waals surface area contributed by atoms with Crippen LogP contribution < -0.4 is 0 Å². The van der Waals surface area contributed by atoms with Crippen molar-refractivity contribution >= 4 is 12.1 Å². The number of carboxylic acid groups (broad SMARTS) is 3. The van der Waals surface area contributed by atoms with E-state index < -0.39 is 12.1 Å². The Hall–Kier alpha value is -1.26. The van der Waals surface area contributed by atoms with Gasteiger partial charge >= 0.3 is 12.1 Å². The minimum absolute atomic E-state index is 0.344. The van der Waals surface area contributed by atoms with Crippen LogP contribution >= 0.6 is 0 Å². The van der Waals surface area contributed by atoms with Crippen molar-refractivity contribution in [2.75, 3.05) is 0 Å². The summed E-state index contributed by atoms with van der Waals surface area (Å²) in [6.45, 7) is 4.61. The highest BCUT2D eigenvalue weighted by Gasteiger charge is 1.97. The Bertz CT molecular complexity index is 285. The van der Waals surface area contributed by atoms with Crippen LogP contribution in [0.2, 0.25) is 0 Å². The van der Waals surface area contributed by atoms with Crippen molar-refractivity contribution < 1.29 is 24.9 Å². The quantitative estimate of drug-likeness (QED) is 0.298. The second-order valence-corrected chi connectivity index (χ2v) is 6.85. The Morgan fingerprint density at radius 1 is 0.625 bits per heavy atom. The zero-order valence-electron chi connectivity index (χ0n) is 15.6. The molecule has 0 saturated heterocycles. The summed E-state index contributed by atoms with van der Waals surface area (Å²) in [6, 6.07) is 0. The number of aliphatic carboxylic acids is 1. The summed E-state index contributed by atoms with van der Waals surface area (Å²) in [5, 5.41) is 22.5. The van der Waals surface area contributed by atoms with E-state index in [9.17, 15) is 4.79 Å². The average Bonchev–Trinajstić information content (AvgIpc) is 2.46. The Labute approximate surface area is 147 Å². The van der Waals surface area contributed by atoms with Gasteiger partial charge < -0.3 is 15.3 Å². The first-order valence-corrected chi connectivity index (χ1v) is 9.50. The summed E-state index contributed by atoms with van der Waals surface area (Å²) >= 11 is 0. The molecule has 0 bridgehead atoms. The van der Waals surface area contributed by atoms with Gasteiger partial charge in [-0.05, 0) is 12.3 Å². The fourth-order valence-corrected chi connectivity index (χ4v) is 2.60. The van der Waals surface area contributed by atoms with E-state index in [0.29, 0.717) is 6.42 Å². The highest BCUT2D eigenvalue weighted by atomic mass is 16.6. The van der Waals surface area contributed by atoms with E-state index in [0.717, 1.165) is 18.8 Å². The third kappa shape index (κ3) is 32.6. The van der Waals surface area contributed by atoms with Gasteiger partial charge in [-0.3, -0.25) is 4.79 Å². The number of rotatable bonds is 15. The van der Waals surface area contributed by atoms with Gasteiger partial charge in [-0.25, -0.2) is 4.79 Å². The fraction of sp³-hybridized carbons (Fsp3) is 0.895. The first-order chi connectivity index (χ1) is 11.4. The number of hydrogen-bond donors (Lipinski definition) is 3. The number of unbranched alkanes of at least 4 members (excludes halogenated alkanes) is 11. The molecule has 0 aromatic rings. The summed E-state index contributed by atoms with van der Waals surface area (Å²) in [7, 11) is 0. The molecule has 0 atom stereocenters. The minimum atomic E-state index is -1.83. The van der Waals surface area contributed by atoms with Gasteiger partial charge in [0.25, 0.3) is 0 Å². The van der Waals surface area contributed by atoms with Crippen molar-refractivity contribution in [2.45, 2.75) is 104 Å². The minimum Gasteiger partial charge on any atom is -0.481 e. The first-order valence-electron chi connectivity index (χ1n) is 9.50. The van der Waals surface area contributed by atoms with E-state index in [2.05, 4.69) is 13.8 Å². The molecule has 0 aromatic heterocycles. The van der Waals surface area contributed by atoms with Crippen molar-refractivity contribution in [3.8, 4) is 0 Å². The molecule has 0 amide bonds. The van der Waals surface area contributed by atoms with Crippen molar-refractivity contribution in [1.29, 1.82) is 0 Å². The molecule has 0 heterocycles. The maximum atomic E-state index is 10.3. The average molecular weight is 347 g/mol. The molecule has 0 spiro atoms. The summed E-state index contributed by atoms with van der Waals surface area (Å²) in [6.07, 6.45) is 15.5. The van der Waals surface area contributed by atoms with E-state index in [1.807, 2.05) is 0 Å². The molecule has 5 nitrogen and oxygen atoms in total. The summed E-state index contributed by atoms with van der Waals surface area (Å²) in [5.41, 5.74) is 0. The molecule has 0 aliphatic carbocycles. The van der Waals surface area contributed by atoms with Gasteiger partial charge in [0, 0.05) is 6.42 Å². The van der Waals surface area contributed by atoms with Crippen molar-refractivity contribution in [3.05, 3.63) is 0 Å². The lowest BCUT2D eigenvalue weighted by molar-refractivity contribution is -0.137. The van der Waals surface area contributed by atoms with Crippen LogP contribution in [-0.4, -0.2) is 27.4 Å². The van der Waals surface area contributed by atoms with E-state index in [-0.39, 0.29) is 0 Å².